The maximum Gasteiger partial charge on any atom is 1.00 e. The van der Waals surface area contributed by atoms with E-state index >= 15 is 0 Å². The molecule has 6 heavy (non-hydrogen) atoms. The molecule has 0 saturated carbocycles. The molecule has 0 aliphatic rings. The molecule has 0 atom stereocenters. The van der Waals surface area contributed by atoms with Crippen LogP contribution in [-0.4, -0.2) is 0 Å². The van der Waals surface area contributed by atoms with E-state index in [2.05, 4.69) is 0 Å². The van der Waals surface area contributed by atoms with E-state index in [4.69, 9.17) is 11.1 Å². The summed E-state index contributed by atoms with van der Waals surface area (Å²) in [5, 5.41) is 0. The molecular weight excluding hydrogens is 123 g/mol. The largest absolute Gasteiger partial charge is 1.00 e. The van der Waals surface area contributed by atoms with Crippen LogP contribution in [0.1, 0.15) is 0 Å². The molecule has 0 amide bonds. The fourth-order valence-corrected chi connectivity index (χ4v) is 0. The Morgan fingerprint density at radius 1 is 1.00 bits per heavy atom. The summed E-state index contributed by atoms with van der Waals surface area (Å²) in [6, 6.07) is 0. The van der Waals surface area contributed by atoms with E-state index in [-0.39, 0.29) is 71.5 Å². The van der Waals surface area contributed by atoms with Crippen LogP contribution in [0.5, 0.6) is 0 Å². The fraction of sp³-hybridized carbons (Fsp3) is 0. The number of halogens is 1. The second-order valence-corrected chi connectivity index (χ2v) is 0.0894. The van der Waals surface area contributed by atoms with Gasteiger partial charge in [0.05, 0.1) is 0 Å². The van der Waals surface area contributed by atoms with Crippen molar-refractivity contribution in [3.63, 3.8) is 0 Å². The molecule has 0 unspecified atom stereocenters. The van der Waals surface area contributed by atoms with Crippen LogP contribution in [0.15, 0.2) is 0 Å². The first-order valence-corrected chi connectivity index (χ1v) is 0.400. The Hall–Kier alpha value is 1.60. The second-order valence-electron chi connectivity index (χ2n) is 0.0894. The summed E-state index contributed by atoms with van der Waals surface area (Å²) in [5.74, 6) is 0. The van der Waals surface area contributed by atoms with Gasteiger partial charge in [-0.3, -0.25) is 4.91 Å². The Morgan fingerprint density at radius 3 is 1.00 bits per heavy atom. The smallest absolute Gasteiger partial charge is 1.00 e. The van der Waals surface area contributed by atoms with Crippen LogP contribution in [0.4, 0.5) is 0 Å². The molecule has 0 N–H and O–H groups in total. The molecule has 0 aromatic rings. The summed E-state index contributed by atoms with van der Waals surface area (Å²) in [6.45, 7) is 0. The summed E-state index contributed by atoms with van der Waals surface area (Å²) in [7, 11) is 0. The van der Waals surface area contributed by atoms with Gasteiger partial charge in [0, 0.05) is 0 Å². The first kappa shape index (κ1) is 25.5. The number of hydrogen-bond acceptors (Lipinski definition) is 0. The average Bonchev–Trinajstić information content (AvgIpc) is 0.918. The zero-order valence-electron chi connectivity index (χ0n) is 3.72. The van der Waals surface area contributed by atoms with Gasteiger partial charge in [-0.1, -0.05) is 0 Å². The SMILES string of the molecule is [Cl-].[N-]=[N+]=[N-].[Na+].[Na+]. The van der Waals surface area contributed by atoms with E-state index in [1.165, 1.54) is 4.91 Å². The van der Waals surface area contributed by atoms with Crippen molar-refractivity contribution in [1.29, 1.82) is 0 Å². The monoisotopic (exact) mass is 123 g/mol. The summed E-state index contributed by atoms with van der Waals surface area (Å²) in [6.07, 6.45) is 0. The molecule has 24 valence electrons. The summed E-state index contributed by atoms with van der Waals surface area (Å²) >= 11 is 0. The zero-order chi connectivity index (χ0) is 2.71. The Kier molecular flexibility index (Phi) is 130. The predicted molar refractivity (Wildman–Crippen MR) is 10.1 cm³/mol. The van der Waals surface area contributed by atoms with E-state index in [0.717, 1.165) is 0 Å². The van der Waals surface area contributed by atoms with Crippen LogP contribution in [0.25, 0.3) is 16.0 Å². The van der Waals surface area contributed by atoms with Crippen molar-refractivity contribution >= 4 is 0 Å². The van der Waals surface area contributed by atoms with Crippen molar-refractivity contribution in [3.8, 4) is 0 Å². The van der Waals surface area contributed by atoms with Gasteiger partial charge in [0.25, 0.3) is 0 Å². The van der Waals surface area contributed by atoms with Gasteiger partial charge in [-0.2, -0.15) is 0 Å². The molecular formula is ClN3Na2. The average molecular weight is 123 g/mol. The predicted octanol–water partition coefficient (Wildman–Crippen LogP) is -8.12. The first-order valence-electron chi connectivity index (χ1n) is 0.400. The van der Waals surface area contributed by atoms with E-state index in [9.17, 15) is 0 Å². The third-order valence-corrected chi connectivity index (χ3v) is 0. The van der Waals surface area contributed by atoms with Crippen LogP contribution in [-0.2, 0) is 0 Å². The Balaban J connectivity index is -0.00000000667. The summed E-state index contributed by atoms with van der Waals surface area (Å²) in [4.78, 5) is 1.50. The minimum atomic E-state index is 0. The van der Waals surface area contributed by atoms with Crippen LogP contribution >= 0.6 is 0 Å². The zero-order valence-corrected chi connectivity index (χ0v) is 8.48. The summed E-state index contributed by atoms with van der Waals surface area (Å²) < 4.78 is 0. The van der Waals surface area contributed by atoms with E-state index < -0.39 is 0 Å². The van der Waals surface area contributed by atoms with Crippen molar-refractivity contribution in [3.05, 3.63) is 16.0 Å². The number of rotatable bonds is 0. The van der Waals surface area contributed by atoms with Gasteiger partial charge in [0.1, 0.15) is 0 Å². The molecule has 0 aromatic carbocycles. The van der Waals surface area contributed by atoms with E-state index in [0.29, 0.717) is 0 Å². The molecule has 0 rings (SSSR count). The molecule has 6 heteroatoms. The molecule has 0 fully saturated rings. The van der Waals surface area contributed by atoms with Gasteiger partial charge < -0.3 is 23.5 Å². The first-order chi connectivity index (χ1) is 1.41. The van der Waals surface area contributed by atoms with E-state index in [1.807, 2.05) is 0 Å². The Bertz CT molecular complexity index is 29.8. The Morgan fingerprint density at radius 2 is 1.00 bits per heavy atom. The van der Waals surface area contributed by atoms with Crippen molar-refractivity contribution < 1.29 is 71.5 Å². The normalized spacial score (nSPS) is 1.33. The van der Waals surface area contributed by atoms with Gasteiger partial charge >= 0.3 is 59.1 Å². The Labute approximate surface area is 86.3 Å². The molecule has 0 saturated heterocycles. The third kappa shape index (κ3) is 46.3. The molecule has 0 heterocycles. The number of hydrogen-bond donors (Lipinski definition) is 0. The van der Waals surface area contributed by atoms with Crippen LogP contribution in [0.3, 0.4) is 0 Å². The minimum absolute atomic E-state index is 0. The van der Waals surface area contributed by atoms with Gasteiger partial charge in [-0.25, -0.2) is 0 Å². The summed E-state index contributed by atoms with van der Waals surface area (Å²) in [5.41, 5.74) is 13.5. The van der Waals surface area contributed by atoms with Crippen LogP contribution < -0.4 is 71.5 Å². The van der Waals surface area contributed by atoms with Gasteiger partial charge in [-0.05, 0) is 0 Å². The van der Waals surface area contributed by atoms with Gasteiger partial charge in [0.15, 0.2) is 0 Å². The van der Waals surface area contributed by atoms with Crippen molar-refractivity contribution in [2.75, 3.05) is 0 Å². The van der Waals surface area contributed by atoms with E-state index in [1.54, 1.807) is 0 Å². The van der Waals surface area contributed by atoms with Crippen LogP contribution in [0, 0.1) is 0 Å². The fourth-order valence-electron chi connectivity index (χ4n) is 0. The quantitative estimate of drug-likeness (QED) is 0.133. The molecule has 0 aromatic heterocycles. The molecule has 0 radical (unpaired) electrons. The molecule has 0 spiro atoms. The maximum atomic E-state index is 6.75. The number of nitrogens with zero attached hydrogens (tertiary/aromatic N) is 3. The maximum absolute atomic E-state index is 6.75. The van der Waals surface area contributed by atoms with Crippen molar-refractivity contribution in [2.45, 2.75) is 0 Å². The second kappa shape index (κ2) is 30.6. The molecule has 0 aliphatic heterocycles. The third-order valence-electron chi connectivity index (χ3n) is 0. The minimum Gasteiger partial charge on any atom is -1.00 e. The van der Waals surface area contributed by atoms with Crippen molar-refractivity contribution in [1.82, 2.24) is 0 Å². The topological polar surface area (TPSA) is 58.7 Å². The van der Waals surface area contributed by atoms with Gasteiger partial charge in [0.2, 0.25) is 0 Å². The van der Waals surface area contributed by atoms with Crippen molar-refractivity contribution in [2.24, 2.45) is 0 Å². The molecule has 3 nitrogen and oxygen atoms in total. The van der Waals surface area contributed by atoms with Crippen LogP contribution in [0.2, 0.25) is 0 Å². The molecule has 0 bridgehead atoms. The molecule has 0 aliphatic carbocycles. The van der Waals surface area contributed by atoms with Gasteiger partial charge in [-0.15, -0.1) is 0 Å². The standard InChI is InChI=1S/ClH.N3.2Na/c;1-3-2;;/h1H;;;/q;-1;2*+1/p-1.